The van der Waals surface area contributed by atoms with Crippen molar-refractivity contribution in [3.05, 3.63) is 34.1 Å². The van der Waals surface area contributed by atoms with E-state index in [1.165, 1.54) is 23.9 Å². The molecule has 0 saturated heterocycles. The van der Waals surface area contributed by atoms with Crippen LogP contribution in [0.4, 0.5) is 21.7 Å². The predicted molar refractivity (Wildman–Crippen MR) is 83.1 cm³/mol. The van der Waals surface area contributed by atoms with Gasteiger partial charge in [-0.25, -0.2) is 14.4 Å². The molecular weight excluding hydrogens is 322 g/mol. The van der Waals surface area contributed by atoms with Crippen LogP contribution in [0, 0.1) is 5.82 Å². The Balaban J connectivity index is 2.34. The molecule has 2 aromatic rings. The highest BCUT2D eigenvalue weighted by Gasteiger charge is 2.09. The number of benzene rings is 1. The van der Waals surface area contributed by atoms with E-state index in [1.54, 1.807) is 13.1 Å². The summed E-state index contributed by atoms with van der Waals surface area (Å²) in [7, 11) is 1.77. The maximum Gasteiger partial charge on any atom is 0.191 e. The highest BCUT2D eigenvalue weighted by atomic mass is 35.5. The topological polar surface area (TPSA) is 49.8 Å². The molecule has 0 unspecified atom stereocenters. The molecule has 106 valence electrons. The third-order valence-corrected chi connectivity index (χ3v) is 3.50. The largest absolute Gasteiger partial charge is 0.373 e. The average Bonchev–Trinajstić information content (AvgIpc) is 2.44. The molecule has 0 radical (unpaired) electrons. The molecule has 0 bridgehead atoms. The highest BCUT2D eigenvalue weighted by molar-refractivity contribution is 7.98. The average molecular weight is 333 g/mol. The molecule has 2 rings (SSSR count). The summed E-state index contributed by atoms with van der Waals surface area (Å²) < 4.78 is 13.4. The Bertz CT molecular complexity index is 594. The van der Waals surface area contributed by atoms with Gasteiger partial charge in [0.1, 0.15) is 11.6 Å². The van der Waals surface area contributed by atoms with E-state index in [9.17, 15) is 4.39 Å². The molecule has 0 fully saturated rings. The maximum atomic E-state index is 13.4. The Kier molecular flexibility index (Phi) is 4.91. The minimum Gasteiger partial charge on any atom is -0.373 e. The van der Waals surface area contributed by atoms with Gasteiger partial charge in [-0.1, -0.05) is 35.0 Å². The first kappa shape index (κ1) is 15.2. The van der Waals surface area contributed by atoms with Crippen LogP contribution in [-0.2, 0) is 0 Å². The monoisotopic (exact) mass is 332 g/mol. The number of hydrogen-bond acceptors (Lipinski definition) is 5. The number of thioether (sulfide) groups is 1. The minimum absolute atomic E-state index is 0.0482. The molecule has 0 aliphatic carbocycles. The molecule has 1 aromatic heterocycles. The van der Waals surface area contributed by atoms with E-state index in [1.807, 2.05) is 6.26 Å². The molecular formula is C12H11Cl2FN4S. The lowest BCUT2D eigenvalue weighted by Gasteiger charge is -2.10. The normalized spacial score (nSPS) is 10.4. The zero-order chi connectivity index (χ0) is 14.7. The van der Waals surface area contributed by atoms with Crippen molar-refractivity contribution in [2.24, 2.45) is 0 Å². The third-order valence-electron chi connectivity index (χ3n) is 2.40. The van der Waals surface area contributed by atoms with Gasteiger partial charge in [-0.15, -0.1) is 0 Å². The van der Waals surface area contributed by atoms with Gasteiger partial charge in [0.05, 0.1) is 10.0 Å². The molecule has 0 atom stereocenters. The van der Waals surface area contributed by atoms with Crippen molar-refractivity contribution in [1.82, 2.24) is 9.97 Å². The van der Waals surface area contributed by atoms with E-state index < -0.39 is 5.82 Å². The zero-order valence-electron chi connectivity index (χ0n) is 10.7. The van der Waals surface area contributed by atoms with Crippen LogP contribution in [0.25, 0.3) is 0 Å². The molecule has 4 nitrogen and oxygen atoms in total. The number of halogens is 3. The van der Waals surface area contributed by atoms with Crippen LogP contribution in [0.3, 0.4) is 0 Å². The summed E-state index contributed by atoms with van der Waals surface area (Å²) >= 11 is 12.9. The number of anilines is 3. The van der Waals surface area contributed by atoms with Crippen LogP contribution >= 0.6 is 35.0 Å². The predicted octanol–water partition coefficient (Wildman–Crippen LogP) is 4.43. The number of hydrogen-bond donors (Lipinski definition) is 2. The number of nitrogens with zero attached hydrogens (tertiary/aromatic N) is 2. The first-order valence-corrected chi connectivity index (χ1v) is 7.54. The lowest BCUT2D eigenvalue weighted by Crippen LogP contribution is -2.01. The summed E-state index contributed by atoms with van der Waals surface area (Å²) in [5.41, 5.74) is 0.550. The quantitative estimate of drug-likeness (QED) is 0.492. The van der Waals surface area contributed by atoms with E-state index in [4.69, 9.17) is 23.2 Å². The maximum absolute atomic E-state index is 13.4. The van der Waals surface area contributed by atoms with Crippen molar-refractivity contribution in [2.45, 2.75) is 5.16 Å². The standard InChI is InChI=1S/C12H11Cl2FN4S/c1-16-9-5-10(19-12(18-9)20-2)17-6-3-7(13)11(15)8(14)4-6/h3-5H,1-2H3,(H2,16,17,18,19). The first-order valence-electron chi connectivity index (χ1n) is 5.56. The van der Waals surface area contributed by atoms with E-state index in [0.29, 0.717) is 22.5 Å². The van der Waals surface area contributed by atoms with Gasteiger partial charge in [-0.2, -0.15) is 0 Å². The van der Waals surface area contributed by atoms with Gasteiger partial charge in [0, 0.05) is 18.8 Å². The third kappa shape index (κ3) is 3.45. The van der Waals surface area contributed by atoms with Gasteiger partial charge in [0.2, 0.25) is 0 Å². The summed E-state index contributed by atoms with van der Waals surface area (Å²) in [6.45, 7) is 0. The highest BCUT2D eigenvalue weighted by Crippen LogP contribution is 2.29. The van der Waals surface area contributed by atoms with Crippen LogP contribution in [0.2, 0.25) is 10.0 Å². The van der Waals surface area contributed by atoms with Gasteiger partial charge >= 0.3 is 0 Å². The second-order valence-corrected chi connectivity index (χ2v) is 5.34. The van der Waals surface area contributed by atoms with Crippen molar-refractivity contribution in [2.75, 3.05) is 23.9 Å². The summed E-state index contributed by atoms with van der Waals surface area (Å²) in [4.78, 5) is 8.55. The van der Waals surface area contributed by atoms with Crippen LogP contribution in [0.1, 0.15) is 0 Å². The van der Waals surface area contributed by atoms with Gasteiger partial charge in [-0.3, -0.25) is 0 Å². The smallest absolute Gasteiger partial charge is 0.191 e. The van der Waals surface area contributed by atoms with Gasteiger partial charge < -0.3 is 10.6 Å². The van der Waals surface area contributed by atoms with E-state index in [2.05, 4.69) is 20.6 Å². The Labute approximate surface area is 130 Å². The molecule has 0 saturated carbocycles. The van der Waals surface area contributed by atoms with Gasteiger partial charge in [0.15, 0.2) is 11.0 Å². The molecule has 0 amide bonds. The second-order valence-electron chi connectivity index (χ2n) is 3.75. The van der Waals surface area contributed by atoms with Gasteiger partial charge in [-0.05, 0) is 18.4 Å². The fraction of sp³-hybridized carbons (Fsp3) is 0.167. The van der Waals surface area contributed by atoms with Crippen molar-refractivity contribution in [3.8, 4) is 0 Å². The molecule has 1 heterocycles. The molecule has 0 aliphatic heterocycles. The Morgan fingerprint density at radius 2 is 1.70 bits per heavy atom. The summed E-state index contributed by atoms with van der Waals surface area (Å²) in [5.74, 6) is 0.598. The van der Waals surface area contributed by atoms with Crippen LogP contribution in [0.5, 0.6) is 0 Å². The van der Waals surface area contributed by atoms with Crippen LogP contribution in [-0.4, -0.2) is 23.3 Å². The number of nitrogens with one attached hydrogen (secondary N) is 2. The Morgan fingerprint density at radius 3 is 2.25 bits per heavy atom. The van der Waals surface area contributed by atoms with Gasteiger partial charge in [0.25, 0.3) is 0 Å². The van der Waals surface area contributed by atoms with Crippen LogP contribution in [0.15, 0.2) is 23.4 Å². The Hall–Kier alpha value is -1.24. The van der Waals surface area contributed by atoms with Crippen molar-refractivity contribution >= 4 is 52.3 Å². The summed E-state index contributed by atoms with van der Waals surface area (Å²) in [6.07, 6.45) is 1.88. The lowest BCUT2D eigenvalue weighted by atomic mass is 10.3. The second kappa shape index (κ2) is 6.47. The van der Waals surface area contributed by atoms with Crippen molar-refractivity contribution in [3.63, 3.8) is 0 Å². The number of aromatic nitrogens is 2. The van der Waals surface area contributed by atoms with Crippen molar-refractivity contribution in [1.29, 1.82) is 0 Å². The van der Waals surface area contributed by atoms with Crippen molar-refractivity contribution < 1.29 is 4.39 Å². The van der Waals surface area contributed by atoms with E-state index in [0.717, 1.165) is 0 Å². The molecule has 8 heteroatoms. The summed E-state index contributed by atoms with van der Waals surface area (Å²) in [5, 5.41) is 6.48. The fourth-order valence-electron chi connectivity index (χ4n) is 1.48. The molecule has 0 spiro atoms. The van der Waals surface area contributed by atoms with E-state index in [-0.39, 0.29) is 10.0 Å². The molecule has 0 aliphatic rings. The molecule has 1 aromatic carbocycles. The lowest BCUT2D eigenvalue weighted by molar-refractivity contribution is 0.629. The zero-order valence-corrected chi connectivity index (χ0v) is 13.0. The molecule has 2 N–H and O–H groups in total. The Morgan fingerprint density at radius 1 is 1.10 bits per heavy atom. The fourth-order valence-corrected chi connectivity index (χ4v) is 2.35. The first-order chi connectivity index (χ1) is 9.53. The number of rotatable bonds is 4. The van der Waals surface area contributed by atoms with Crippen LogP contribution < -0.4 is 10.6 Å². The molecule has 20 heavy (non-hydrogen) atoms. The summed E-state index contributed by atoms with van der Waals surface area (Å²) in [6, 6.07) is 4.62. The van der Waals surface area contributed by atoms with E-state index >= 15 is 0 Å². The minimum atomic E-state index is -0.637. The SMILES string of the molecule is CNc1cc(Nc2cc(Cl)c(F)c(Cl)c2)nc(SC)n1.